The second-order valence-corrected chi connectivity index (χ2v) is 6.76. The average Bonchev–Trinajstić information content (AvgIpc) is 3.23. The van der Waals surface area contributed by atoms with Gasteiger partial charge in [-0.1, -0.05) is 18.2 Å². The van der Waals surface area contributed by atoms with Crippen molar-refractivity contribution in [1.82, 2.24) is 19.7 Å². The van der Waals surface area contributed by atoms with E-state index >= 15 is 0 Å². The largest absolute Gasteiger partial charge is 0.497 e. The Bertz CT molecular complexity index is 1280. The van der Waals surface area contributed by atoms with E-state index in [-0.39, 0.29) is 24.3 Å². The van der Waals surface area contributed by atoms with Gasteiger partial charge in [-0.25, -0.2) is 9.67 Å². The minimum absolute atomic E-state index is 0.128. The third-order valence-electron chi connectivity index (χ3n) is 4.76. The molecule has 2 N–H and O–H groups in total. The number of methoxy groups -OCH3 is 2. The van der Waals surface area contributed by atoms with Crippen LogP contribution in [0.4, 0.5) is 5.69 Å². The van der Waals surface area contributed by atoms with Crippen LogP contribution in [0.15, 0.2) is 59.5 Å². The molecule has 0 aliphatic rings. The van der Waals surface area contributed by atoms with E-state index in [1.165, 1.54) is 13.3 Å². The monoisotopic (exact) mass is 419 g/mol. The smallest absolute Gasteiger partial charge is 0.262 e. The number of rotatable bonds is 7. The maximum absolute atomic E-state index is 12.5. The van der Waals surface area contributed by atoms with E-state index in [1.54, 1.807) is 30.0 Å². The maximum atomic E-state index is 12.5. The lowest BCUT2D eigenvalue weighted by molar-refractivity contribution is -0.116. The fraction of sp³-hybridized carbons (Fsp3) is 0.182. The highest BCUT2D eigenvalue weighted by molar-refractivity contribution is 5.92. The van der Waals surface area contributed by atoms with E-state index in [0.717, 1.165) is 5.69 Å². The highest BCUT2D eigenvalue weighted by Gasteiger charge is 2.13. The standard InChI is InChI=1S/C22H21N5O4/c1-30-15-8-9-17(18(12-15)31-2)24-20(28)11-10-19-25-21-16(22(29)26-19)13-23-27(21)14-6-4-3-5-7-14/h3-9,12-13H,10-11H2,1-2H3,(H,24,28)(H,25,26,29). The Hall–Kier alpha value is -4.14. The molecule has 0 atom stereocenters. The molecule has 0 fully saturated rings. The lowest BCUT2D eigenvalue weighted by atomic mass is 10.2. The molecule has 9 nitrogen and oxygen atoms in total. The van der Waals surface area contributed by atoms with Crippen LogP contribution >= 0.6 is 0 Å². The Labute approximate surface area is 177 Å². The number of ether oxygens (including phenoxy) is 2. The maximum Gasteiger partial charge on any atom is 0.262 e. The number of hydrogen-bond acceptors (Lipinski definition) is 6. The van der Waals surface area contributed by atoms with E-state index in [1.807, 2.05) is 30.3 Å². The van der Waals surface area contributed by atoms with Gasteiger partial charge in [-0.15, -0.1) is 0 Å². The van der Waals surface area contributed by atoms with Crippen molar-refractivity contribution in [2.75, 3.05) is 19.5 Å². The summed E-state index contributed by atoms with van der Waals surface area (Å²) in [6, 6.07) is 14.6. The number of benzene rings is 2. The van der Waals surface area contributed by atoms with Crippen LogP contribution in [-0.2, 0) is 11.2 Å². The zero-order valence-corrected chi connectivity index (χ0v) is 17.1. The number of aromatic amines is 1. The van der Waals surface area contributed by atoms with Crippen molar-refractivity contribution in [3.05, 3.63) is 70.9 Å². The number of anilines is 1. The molecule has 0 bridgehead atoms. The van der Waals surface area contributed by atoms with Crippen molar-refractivity contribution in [2.24, 2.45) is 0 Å². The van der Waals surface area contributed by atoms with Gasteiger partial charge in [-0.05, 0) is 24.3 Å². The second-order valence-electron chi connectivity index (χ2n) is 6.76. The van der Waals surface area contributed by atoms with Gasteiger partial charge in [0.05, 0.1) is 31.8 Å². The third-order valence-corrected chi connectivity index (χ3v) is 4.76. The van der Waals surface area contributed by atoms with E-state index in [0.29, 0.717) is 34.0 Å². The van der Waals surface area contributed by atoms with Crippen LogP contribution in [0.2, 0.25) is 0 Å². The summed E-state index contributed by atoms with van der Waals surface area (Å²) >= 11 is 0. The third kappa shape index (κ3) is 4.25. The van der Waals surface area contributed by atoms with Crippen LogP contribution in [0.3, 0.4) is 0 Å². The number of hydrogen-bond donors (Lipinski definition) is 2. The van der Waals surface area contributed by atoms with Crippen molar-refractivity contribution in [3.8, 4) is 17.2 Å². The average molecular weight is 419 g/mol. The zero-order chi connectivity index (χ0) is 21.8. The van der Waals surface area contributed by atoms with E-state index in [2.05, 4.69) is 20.4 Å². The molecule has 158 valence electrons. The molecule has 1 amide bonds. The molecule has 2 aromatic carbocycles. The molecule has 9 heteroatoms. The number of carbonyl (C=O) groups excluding carboxylic acids is 1. The van der Waals surface area contributed by atoms with Crippen LogP contribution in [0.5, 0.6) is 11.5 Å². The molecule has 0 unspecified atom stereocenters. The summed E-state index contributed by atoms with van der Waals surface area (Å²) in [5.41, 5.74) is 1.49. The SMILES string of the molecule is COc1ccc(NC(=O)CCc2nc3c(cnn3-c3ccccc3)c(=O)[nH]2)c(OC)c1. The molecule has 0 aliphatic carbocycles. The predicted octanol–water partition coefficient (Wildman–Crippen LogP) is 2.70. The summed E-state index contributed by atoms with van der Waals surface area (Å²) in [6.45, 7) is 0. The van der Waals surface area contributed by atoms with Crippen molar-refractivity contribution in [3.63, 3.8) is 0 Å². The molecule has 31 heavy (non-hydrogen) atoms. The minimum atomic E-state index is -0.292. The quantitative estimate of drug-likeness (QED) is 0.476. The van der Waals surface area contributed by atoms with Gasteiger partial charge >= 0.3 is 0 Å². The van der Waals surface area contributed by atoms with E-state index in [4.69, 9.17) is 9.47 Å². The van der Waals surface area contributed by atoms with Gasteiger partial charge in [-0.2, -0.15) is 5.10 Å². The van der Waals surface area contributed by atoms with Crippen molar-refractivity contribution >= 4 is 22.6 Å². The molecule has 2 heterocycles. The van der Waals surface area contributed by atoms with Crippen molar-refractivity contribution in [2.45, 2.75) is 12.8 Å². The predicted molar refractivity (Wildman–Crippen MR) is 116 cm³/mol. The number of carbonyl (C=O) groups is 1. The van der Waals surface area contributed by atoms with Gasteiger partial charge in [-0.3, -0.25) is 9.59 Å². The number of para-hydroxylation sites is 1. The molecule has 4 rings (SSSR count). The zero-order valence-electron chi connectivity index (χ0n) is 17.1. The number of aryl methyl sites for hydroxylation is 1. The van der Waals surface area contributed by atoms with Gasteiger partial charge in [0, 0.05) is 18.9 Å². The molecular formula is C22H21N5O4. The first-order chi connectivity index (χ1) is 15.1. The Morgan fingerprint density at radius 1 is 1.13 bits per heavy atom. The van der Waals surface area contributed by atoms with Crippen LogP contribution < -0.4 is 20.3 Å². The first-order valence-corrected chi connectivity index (χ1v) is 9.63. The highest BCUT2D eigenvalue weighted by Crippen LogP contribution is 2.29. The molecule has 0 aliphatic heterocycles. The van der Waals surface area contributed by atoms with E-state index < -0.39 is 0 Å². The Kier molecular flexibility index (Phi) is 5.65. The highest BCUT2D eigenvalue weighted by atomic mass is 16.5. The molecule has 0 saturated heterocycles. The van der Waals surface area contributed by atoms with E-state index in [9.17, 15) is 9.59 Å². The fourth-order valence-corrected chi connectivity index (χ4v) is 3.19. The second kappa shape index (κ2) is 8.70. The number of H-pyrrole nitrogens is 1. The normalized spacial score (nSPS) is 10.8. The summed E-state index contributed by atoms with van der Waals surface area (Å²) in [6.07, 6.45) is 1.87. The number of nitrogens with one attached hydrogen (secondary N) is 2. The van der Waals surface area contributed by atoms with Crippen LogP contribution in [0.25, 0.3) is 16.7 Å². The topological polar surface area (TPSA) is 111 Å². The molecule has 0 radical (unpaired) electrons. The van der Waals surface area contributed by atoms with Gasteiger partial charge in [0.25, 0.3) is 5.56 Å². The molecular weight excluding hydrogens is 398 g/mol. The Morgan fingerprint density at radius 2 is 1.94 bits per heavy atom. The summed E-state index contributed by atoms with van der Waals surface area (Å²) in [5.74, 6) is 1.29. The summed E-state index contributed by atoms with van der Waals surface area (Å²) in [7, 11) is 3.07. The molecule has 0 spiro atoms. The minimum Gasteiger partial charge on any atom is -0.497 e. The van der Waals surface area contributed by atoms with Crippen LogP contribution in [0, 0.1) is 0 Å². The number of fused-ring (bicyclic) bond motifs is 1. The Balaban J connectivity index is 1.52. The number of nitrogens with zero attached hydrogens (tertiary/aromatic N) is 3. The summed E-state index contributed by atoms with van der Waals surface area (Å²) in [5, 5.41) is 7.48. The lowest BCUT2D eigenvalue weighted by Gasteiger charge is -2.11. The van der Waals surface area contributed by atoms with Crippen LogP contribution in [0.1, 0.15) is 12.2 Å². The van der Waals surface area contributed by atoms with Crippen molar-refractivity contribution in [1.29, 1.82) is 0 Å². The van der Waals surface area contributed by atoms with Gasteiger partial charge in [0.15, 0.2) is 5.65 Å². The van der Waals surface area contributed by atoms with Crippen molar-refractivity contribution < 1.29 is 14.3 Å². The van der Waals surface area contributed by atoms with Gasteiger partial charge < -0.3 is 19.8 Å². The van der Waals surface area contributed by atoms with Gasteiger partial charge in [0.1, 0.15) is 22.7 Å². The molecule has 2 aromatic heterocycles. The van der Waals surface area contributed by atoms with Gasteiger partial charge in [0.2, 0.25) is 5.91 Å². The van der Waals surface area contributed by atoms with Crippen LogP contribution in [-0.4, -0.2) is 39.9 Å². The summed E-state index contributed by atoms with van der Waals surface area (Å²) in [4.78, 5) is 32.2. The lowest BCUT2D eigenvalue weighted by Crippen LogP contribution is -2.17. The molecule has 4 aromatic rings. The molecule has 0 saturated carbocycles. The number of amides is 1. The first kappa shape index (κ1) is 20.1. The first-order valence-electron chi connectivity index (χ1n) is 9.63. The fourth-order valence-electron chi connectivity index (χ4n) is 3.19. The summed E-state index contributed by atoms with van der Waals surface area (Å²) < 4.78 is 12.1. The number of aromatic nitrogens is 4. The Morgan fingerprint density at radius 3 is 2.68 bits per heavy atom.